The van der Waals surface area contributed by atoms with Gasteiger partial charge in [0.25, 0.3) is 0 Å². The highest BCUT2D eigenvalue weighted by Crippen LogP contribution is 2.31. The molecule has 2 amide bonds. The third-order valence-corrected chi connectivity index (χ3v) is 4.72. The maximum absolute atomic E-state index is 12.6. The van der Waals surface area contributed by atoms with Crippen LogP contribution in [0.5, 0.6) is 5.75 Å². The topological polar surface area (TPSA) is 72.6 Å². The van der Waals surface area contributed by atoms with Crippen LogP contribution in [0.25, 0.3) is 0 Å². The first-order chi connectivity index (χ1) is 10.5. The van der Waals surface area contributed by atoms with Gasteiger partial charge in [-0.3, -0.25) is 9.59 Å². The van der Waals surface area contributed by atoms with Crippen LogP contribution in [-0.4, -0.2) is 36.4 Å². The molecule has 3 rings (SSSR count). The fourth-order valence-electron chi connectivity index (χ4n) is 3.16. The summed E-state index contributed by atoms with van der Waals surface area (Å²) in [6.07, 6.45) is 1.94. The third kappa shape index (κ3) is 3.04. The van der Waals surface area contributed by atoms with E-state index in [1.807, 2.05) is 17.0 Å². The summed E-state index contributed by atoms with van der Waals surface area (Å²) in [6.45, 7) is 1.57. The molecule has 1 atom stereocenters. The van der Waals surface area contributed by atoms with E-state index in [2.05, 4.69) is 0 Å². The molecule has 0 spiro atoms. The second kappa shape index (κ2) is 6.16. The van der Waals surface area contributed by atoms with Crippen molar-refractivity contribution in [3.05, 3.63) is 28.8 Å². The van der Waals surface area contributed by atoms with Crippen molar-refractivity contribution in [2.24, 2.45) is 17.6 Å². The van der Waals surface area contributed by atoms with E-state index >= 15 is 0 Å². The number of hydrogen-bond acceptors (Lipinski definition) is 3. The number of ether oxygens (including phenoxy) is 1. The van der Waals surface area contributed by atoms with Crippen LogP contribution in [0.2, 0.25) is 5.02 Å². The number of nitrogens with two attached hydrogens (primary N) is 1. The largest absolute Gasteiger partial charge is 0.492 e. The maximum Gasteiger partial charge on any atom is 0.229 e. The molecule has 0 aromatic heterocycles. The van der Waals surface area contributed by atoms with Crippen molar-refractivity contribution in [2.75, 3.05) is 19.7 Å². The lowest BCUT2D eigenvalue weighted by molar-refractivity contribution is -0.139. The Bertz CT molecular complexity index is 597. The number of benzene rings is 1. The molecule has 2 heterocycles. The summed E-state index contributed by atoms with van der Waals surface area (Å²) in [5.41, 5.74) is 6.30. The highest BCUT2D eigenvalue weighted by Gasteiger charge is 2.32. The Morgan fingerprint density at radius 2 is 1.95 bits per heavy atom. The number of carbonyl (C=O) groups excluding carboxylic acids is 2. The molecule has 2 aliphatic rings. The van der Waals surface area contributed by atoms with E-state index in [0.29, 0.717) is 44.0 Å². The van der Waals surface area contributed by atoms with Crippen molar-refractivity contribution in [1.29, 1.82) is 0 Å². The first kappa shape index (κ1) is 15.2. The molecule has 1 saturated heterocycles. The Labute approximate surface area is 134 Å². The van der Waals surface area contributed by atoms with Crippen molar-refractivity contribution in [1.82, 2.24) is 4.90 Å². The van der Waals surface area contributed by atoms with Gasteiger partial charge in [-0.25, -0.2) is 0 Å². The van der Waals surface area contributed by atoms with Gasteiger partial charge in [0.15, 0.2) is 0 Å². The van der Waals surface area contributed by atoms with E-state index in [-0.39, 0.29) is 23.7 Å². The average Bonchev–Trinajstić information content (AvgIpc) is 2.53. The van der Waals surface area contributed by atoms with Gasteiger partial charge in [0.2, 0.25) is 11.8 Å². The molecule has 1 fully saturated rings. The standard InChI is InChI=1S/C16H19ClN2O3/c17-13-1-2-14-11(8-13)7-12(9-22-14)16(21)19-5-3-10(4-6-19)15(18)20/h1-2,8,10,12H,3-7,9H2,(H2,18,20). The fourth-order valence-corrected chi connectivity index (χ4v) is 3.36. The second-order valence-corrected chi connectivity index (χ2v) is 6.40. The van der Waals surface area contributed by atoms with Crippen LogP contribution in [0.3, 0.4) is 0 Å². The molecule has 5 nitrogen and oxygen atoms in total. The number of piperidine rings is 1. The maximum atomic E-state index is 12.6. The van der Waals surface area contributed by atoms with Crippen molar-refractivity contribution in [2.45, 2.75) is 19.3 Å². The van der Waals surface area contributed by atoms with Gasteiger partial charge in [0, 0.05) is 24.0 Å². The predicted molar refractivity (Wildman–Crippen MR) is 82.6 cm³/mol. The van der Waals surface area contributed by atoms with Crippen molar-refractivity contribution in [3.63, 3.8) is 0 Å². The van der Waals surface area contributed by atoms with Crippen LogP contribution in [0, 0.1) is 11.8 Å². The third-order valence-electron chi connectivity index (χ3n) is 4.49. The van der Waals surface area contributed by atoms with Crippen molar-refractivity contribution < 1.29 is 14.3 Å². The predicted octanol–water partition coefficient (Wildman–Crippen LogP) is 1.62. The Hall–Kier alpha value is -1.75. The van der Waals surface area contributed by atoms with Gasteiger partial charge in [0.05, 0.1) is 5.92 Å². The van der Waals surface area contributed by atoms with E-state index in [0.717, 1.165) is 11.3 Å². The van der Waals surface area contributed by atoms with Crippen LogP contribution < -0.4 is 10.5 Å². The van der Waals surface area contributed by atoms with Gasteiger partial charge in [-0.2, -0.15) is 0 Å². The number of amides is 2. The van der Waals surface area contributed by atoms with E-state index in [4.69, 9.17) is 22.1 Å². The SMILES string of the molecule is NC(=O)C1CCN(C(=O)C2COc3ccc(Cl)cc3C2)CC1. The lowest BCUT2D eigenvalue weighted by Crippen LogP contribution is -2.46. The minimum absolute atomic E-state index is 0.0912. The number of carbonyl (C=O) groups is 2. The van der Waals surface area contributed by atoms with Crippen LogP contribution >= 0.6 is 11.6 Å². The van der Waals surface area contributed by atoms with Crippen LogP contribution in [-0.2, 0) is 16.0 Å². The lowest BCUT2D eigenvalue weighted by atomic mass is 9.92. The van der Waals surface area contributed by atoms with E-state index < -0.39 is 0 Å². The number of fused-ring (bicyclic) bond motifs is 1. The van der Waals surface area contributed by atoms with Gasteiger partial charge >= 0.3 is 0 Å². The van der Waals surface area contributed by atoms with Crippen molar-refractivity contribution >= 4 is 23.4 Å². The molecule has 2 aliphatic heterocycles. The number of rotatable bonds is 2. The summed E-state index contributed by atoms with van der Waals surface area (Å²) in [5, 5.41) is 0.651. The lowest BCUT2D eigenvalue weighted by Gasteiger charge is -2.34. The molecule has 2 N–H and O–H groups in total. The van der Waals surface area contributed by atoms with E-state index in [9.17, 15) is 9.59 Å². The van der Waals surface area contributed by atoms with Crippen LogP contribution in [0.15, 0.2) is 18.2 Å². The fraction of sp³-hybridized carbons (Fsp3) is 0.500. The minimum Gasteiger partial charge on any atom is -0.492 e. The zero-order valence-electron chi connectivity index (χ0n) is 12.3. The molecule has 1 unspecified atom stereocenters. The summed E-state index contributed by atoms with van der Waals surface area (Å²) in [5.74, 6) is 0.341. The highest BCUT2D eigenvalue weighted by atomic mass is 35.5. The minimum atomic E-state index is -0.267. The quantitative estimate of drug-likeness (QED) is 0.899. The van der Waals surface area contributed by atoms with Crippen LogP contribution in [0.4, 0.5) is 0 Å². The smallest absolute Gasteiger partial charge is 0.229 e. The number of halogens is 1. The Morgan fingerprint density at radius 1 is 1.23 bits per heavy atom. The van der Waals surface area contributed by atoms with E-state index in [1.54, 1.807) is 6.07 Å². The first-order valence-electron chi connectivity index (χ1n) is 7.54. The summed E-state index contributed by atoms with van der Waals surface area (Å²) in [6, 6.07) is 5.49. The van der Waals surface area contributed by atoms with Gasteiger partial charge in [-0.05, 0) is 43.0 Å². The monoisotopic (exact) mass is 322 g/mol. The molecule has 6 heteroatoms. The molecular formula is C16H19ClN2O3. The molecule has 0 saturated carbocycles. The molecule has 118 valence electrons. The first-order valence-corrected chi connectivity index (χ1v) is 7.91. The molecule has 22 heavy (non-hydrogen) atoms. The molecule has 0 bridgehead atoms. The molecule has 0 radical (unpaired) electrons. The summed E-state index contributed by atoms with van der Waals surface area (Å²) >= 11 is 6.00. The highest BCUT2D eigenvalue weighted by molar-refractivity contribution is 6.30. The molecule has 0 aliphatic carbocycles. The zero-order chi connectivity index (χ0) is 15.7. The molecule has 1 aromatic carbocycles. The summed E-state index contributed by atoms with van der Waals surface area (Å²) in [4.78, 5) is 25.6. The van der Waals surface area contributed by atoms with Gasteiger partial charge in [0.1, 0.15) is 12.4 Å². The second-order valence-electron chi connectivity index (χ2n) is 5.97. The van der Waals surface area contributed by atoms with Gasteiger partial charge in [-0.1, -0.05) is 11.6 Å². The Kier molecular flexibility index (Phi) is 4.25. The zero-order valence-corrected chi connectivity index (χ0v) is 13.0. The number of primary amides is 1. The molecule has 1 aromatic rings. The normalized spacial score (nSPS) is 21.9. The number of nitrogens with zero attached hydrogens (tertiary/aromatic N) is 1. The Morgan fingerprint density at radius 3 is 2.64 bits per heavy atom. The number of hydrogen-bond donors (Lipinski definition) is 1. The molecular weight excluding hydrogens is 304 g/mol. The Balaban J connectivity index is 1.63. The summed E-state index contributed by atoms with van der Waals surface area (Å²) in [7, 11) is 0. The van der Waals surface area contributed by atoms with Gasteiger partial charge < -0.3 is 15.4 Å². The van der Waals surface area contributed by atoms with Crippen LogP contribution in [0.1, 0.15) is 18.4 Å². The average molecular weight is 323 g/mol. The van der Waals surface area contributed by atoms with E-state index in [1.165, 1.54) is 0 Å². The van der Waals surface area contributed by atoms with Gasteiger partial charge in [-0.15, -0.1) is 0 Å². The summed E-state index contributed by atoms with van der Waals surface area (Å²) < 4.78 is 5.68. The van der Waals surface area contributed by atoms with Crippen molar-refractivity contribution in [3.8, 4) is 5.75 Å². The number of likely N-dealkylation sites (tertiary alicyclic amines) is 1.